The maximum absolute atomic E-state index is 8.67. The van der Waals surface area contributed by atoms with Gasteiger partial charge in [-0.05, 0) is 0 Å². The third kappa shape index (κ3) is 372. The van der Waals surface area contributed by atoms with Crippen LogP contribution in [0.3, 0.4) is 0 Å². The van der Waals surface area contributed by atoms with Crippen LogP contribution in [-0.2, 0) is 11.4 Å². The van der Waals surface area contributed by atoms with Crippen molar-refractivity contribution in [3.63, 3.8) is 0 Å². The Morgan fingerprint density at radius 2 is 1.40 bits per heavy atom. The van der Waals surface area contributed by atoms with E-state index in [1.54, 1.807) is 0 Å². The van der Waals surface area contributed by atoms with Crippen LogP contribution in [0.15, 0.2) is 0 Å². The first-order valence-electron chi connectivity index (χ1n) is 0.532. The van der Waals surface area contributed by atoms with Gasteiger partial charge in [0, 0.05) is 0 Å². The molecule has 0 saturated heterocycles. The summed E-state index contributed by atoms with van der Waals surface area (Å²) in [5, 5.41) is 0. The summed E-state index contributed by atoms with van der Waals surface area (Å²) in [7, 11) is 0. The maximum atomic E-state index is 8.67. The minimum absolute atomic E-state index is 0. The van der Waals surface area contributed by atoms with Gasteiger partial charge in [0.15, 0.2) is 0 Å². The fourth-order valence-corrected chi connectivity index (χ4v) is 0. The van der Waals surface area contributed by atoms with Gasteiger partial charge in [-0.25, -0.2) is 0 Å². The molecule has 0 radical (unpaired) electrons. The molecular formula is H4BeO3S. The van der Waals surface area contributed by atoms with Gasteiger partial charge in [0.2, 0.25) is 0 Å². The predicted octanol–water partition coefficient (Wildman–Crippen LogP) is -1.24. The zero-order valence-electron chi connectivity index (χ0n) is 1.71. The quantitative estimate of drug-likeness (QED) is 0.291. The molecule has 0 aliphatic heterocycles. The molecule has 0 fully saturated rings. The van der Waals surface area contributed by atoms with E-state index in [4.69, 9.17) is 13.3 Å². The van der Waals surface area contributed by atoms with Crippen molar-refractivity contribution in [3.8, 4) is 0 Å². The summed E-state index contributed by atoms with van der Waals surface area (Å²) in [5.41, 5.74) is 0. The second kappa shape index (κ2) is 4.24. The third-order valence-electron chi connectivity index (χ3n) is 0. The van der Waals surface area contributed by atoms with E-state index < -0.39 is 11.4 Å². The molecule has 0 aromatic rings. The van der Waals surface area contributed by atoms with Gasteiger partial charge < -0.3 is 0 Å². The van der Waals surface area contributed by atoms with Crippen LogP contribution in [-0.4, -0.2) is 23.4 Å². The number of hydrogen-bond donors (Lipinski definition) is 2. The van der Waals surface area contributed by atoms with E-state index in [-0.39, 0.29) is 10.1 Å². The van der Waals surface area contributed by atoms with Crippen LogP contribution < -0.4 is 0 Å². The van der Waals surface area contributed by atoms with Crippen LogP contribution in [0.4, 0.5) is 0 Å². The SMILES string of the molecule is O=S(O)O.[BeH2]. The topological polar surface area (TPSA) is 57.5 Å². The number of rotatable bonds is 0. The molecule has 5 heavy (non-hydrogen) atoms. The monoisotopic (exact) mass is 93.0 g/mol. The Morgan fingerprint density at radius 3 is 1.40 bits per heavy atom. The molecule has 0 unspecified atom stereocenters. The van der Waals surface area contributed by atoms with Gasteiger partial charge in [0.25, 0.3) is 11.4 Å². The molecule has 0 rings (SSSR count). The van der Waals surface area contributed by atoms with Crippen molar-refractivity contribution >= 4 is 21.5 Å². The van der Waals surface area contributed by atoms with Crippen molar-refractivity contribution < 1.29 is 13.3 Å². The van der Waals surface area contributed by atoms with E-state index in [0.717, 1.165) is 0 Å². The molecule has 0 aromatic heterocycles. The van der Waals surface area contributed by atoms with E-state index in [9.17, 15) is 0 Å². The Kier molecular flexibility index (Phi) is 7.61. The molecular weight excluding hydrogens is 89.1 g/mol. The van der Waals surface area contributed by atoms with E-state index in [2.05, 4.69) is 0 Å². The Hall–Kier alpha value is 0.239. The summed E-state index contributed by atoms with van der Waals surface area (Å²) >= 11 is -2.61. The van der Waals surface area contributed by atoms with Crippen LogP contribution in [0, 0.1) is 0 Å². The first kappa shape index (κ1) is 8.97. The molecule has 0 bridgehead atoms. The van der Waals surface area contributed by atoms with Gasteiger partial charge in [-0.1, -0.05) is 0 Å². The van der Waals surface area contributed by atoms with Gasteiger partial charge in [-0.2, -0.15) is 4.21 Å². The van der Waals surface area contributed by atoms with Crippen LogP contribution in [0.5, 0.6) is 0 Å². The molecule has 0 saturated carbocycles. The van der Waals surface area contributed by atoms with Crippen LogP contribution >= 0.6 is 0 Å². The zero-order chi connectivity index (χ0) is 3.58. The van der Waals surface area contributed by atoms with Crippen molar-refractivity contribution in [2.45, 2.75) is 0 Å². The zero-order valence-corrected chi connectivity index (χ0v) is 2.53. The molecule has 0 aliphatic carbocycles. The average molecular weight is 93.1 g/mol. The summed E-state index contributed by atoms with van der Waals surface area (Å²) < 4.78 is 22.8. The molecule has 2 N–H and O–H groups in total. The summed E-state index contributed by atoms with van der Waals surface area (Å²) in [6, 6.07) is 0. The summed E-state index contributed by atoms with van der Waals surface area (Å²) in [4.78, 5) is 0. The molecule has 3 nitrogen and oxygen atoms in total. The average Bonchev–Trinajstić information content (AvgIpc) is 0.811. The van der Waals surface area contributed by atoms with Crippen molar-refractivity contribution in [3.05, 3.63) is 0 Å². The molecule has 5 heteroatoms. The van der Waals surface area contributed by atoms with Gasteiger partial charge in [0.1, 0.15) is 0 Å². The van der Waals surface area contributed by atoms with E-state index >= 15 is 0 Å². The Labute approximate surface area is 35.7 Å². The fraction of sp³-hybridized carbons (Fsp3) is 0. The van der Waals surface area contributed by atoms with Crippen molar-refractivity contribution in [1.29, 1.82) is 0 Å². The molecule has 30 valence electrons. The van der Waals surface area contributed by atoms with E-state index in [0.29, 0.717) is 0 Å². The standard InChI is InChI=1S/Be.H2O3S.2H/c;1-4(2)3;;/h;(H2,1,2,3);;. The molecule has 0 atom stereocenters. The Bertz CT molecular complexity index is 29.9. The third-order valence-corrected chi connectivity index (χ3v) is 0. The van der Waals surface area contributed by atoms with Gasteiger partial charge in [-0.15, -0.1) is 0 Å². The Morgan fingerprint density at radius 1 is 1.40 bits per heavy atom. The molecule has 0 amide bonds. The Balaban J connectivity index is 0. The second-order valence-corrected chi connectivity index (χ2v) is 0.692. The van der Waals surface area contributed by atoms with E-state index in [1.165, 1.54) is 0 Å². The first-order valence-corrected chi connectivity index (χ1v) is 1.60. The van der Waals surface area contributed by atoms with Gasteiger partial charge >= 0.3 is 10.1 Å². The summed E-state index contributed by atoms with van der Waals surface area (Å²) in [5.74, 6) is 0. The normalized spacial score (nSPS) is 7.00. The summed E-state index contributed by atoms with van der Waals surface area (Å²) in [6.07, 6.45) is 0. The predicted molar refractivity (Wildman–Crippen MR) is 21.9 cm³/mol. The van der Waals surface area contributed by atoms with Crippen molar-refractivity contribution in [2.75, 3.05) is 0 Å². The molecule has 0 aliphatic rings. The molecule has 0 heterocycles. The van der Waals surface area contributed by atoms with Crippen LogP contribution in [0.1, 0.15) is 0 Å². The van der Waals surface area contributed by atoms with Crippen molar-refractivity contribution in [1.82, 2.24) is 0 Å². The van der Waals surface area contributed by atoms with E-state index in [1.807, 2.05) is 0 Å². The minimum atomic E-state index is -2.61. The first-order chi connectivity index (χ1) is 1.73. The van der Waals surface area contributed by atoms with Gasteiger partial charge in [0.05, 0.1) is 0 Å². The van der Waals surface area contributed by atoms with Gasteiger partial charge in [-0.3, -0.25) is 9.11 Å². The van der Waals surface area contributed by atoms with Crippen molar-refractivity contribution in [2.24, 2.45) is 0 Å². The second-order valence-electron chi connectivity index (χ2n) is 0.231. The van der Waals surface area contributed by atoms with Crippen LogP contribution in [0.2, 0.25) is 0 Å². The molecule has 0 spiro atoms. The number of hydrogen-bond acceptors (Lipinski definition) is 1. The summed E-state index contributed by atoms with van der Waals surface area (Å²) in [6.45, 7) is 0. The van der Waals surface area contributed by atoms with Crippen LogP contribution in [0.25, 0.3) is 0 Å². The molecule has 0 aromatic carbocycles. The fourth-order valence-electron chi connectivity index (χ4n) is 0.